The van der Waals surface area contributed by atoms with Crippen LogP contribution >= 0.6 is 0 Å². The number of hydrogen-bond donors (Lipinski definition) is 5. The van der Waals surface area contributed by atoms with Gasteiger partial charge in [-0.15, -0.1) is 0 Å². The van der Waals surface area contributed by atoms with Gasteiger partial charge in [0, 0.05) is 35.5 Å². The molecule has 0 unspecified atom stereocenters. The third kappa shape index (κ3) is 111. The van der Waals surface area contributed by atoms with Crippen molar-refractivity contribution in [2.75, 3.05) is 95.0 Å². The molecule has 26 heavy (non-hydrogen) atoms. The molecule has 0 aromatic carbocycles. The number of carboxylic acids is 1. The van der Waals surface area contributed by atoms with Gasteiger partial charge in [-0.05, 0) is 0 Å². The summed E-state index contributed by atoms with van der Waals surface area (Å²) >= 11 is 0. The molecule has 0 aliphatic carbocycles. The van der Waals surface area contributed by atoms with Crippen LogP contribution in [0.2, 0.25) is 0 Å². The van der Waals surface area contributed by atoms with Crippen molar-refractivity contribution < 1.29 is 54.0 Å². The molecule has 0 bridgehead atoms. The van der Waals surface area contributed by atoms with Crippen LogP contribution in [0.15, 0.2) is 0 Å². The number of methoxy groups -OCH3 is 5. The topological polar surface area (TPSA) is 164 Å². The monoisotopic (exact) mass is 394 g/mol. The zero-order valence-corrected chi connectivity index (χ0v) is 16.5. The first-order chi connectivity index (χ1) is 12.4. The van der Waals surface area contributed by atoms with E-state index >= 15 is 0 Å². The van der Waals surface area contributed by atoms with Gasteiger partial charge in [0.15, 0.2) is 0 Å². The normalized spacial score (nSPS) is 8.35. The summed E-state index contributed by atoms with van der Waals surface area (Å²) in [6, 6.07) is 0. The molecule has 0 heterocycles. The first-order valence-electron chi connectivity index (χ1n) is 7.53. The molecule has 0 aliphatic rings. The molecule has 5 N–H and O–H groups in total. The smallest absolute Gasteiger partial charge is 0.329 e. The summed E-state index contributed by atoms with van der Waals surface area (Å²) in [5, 5.41) is 38.9. The lowest BCUT2D eigenvalue weighted by Crippen LogP contribution is -2.02. The van der Waals surface area contributed by atoms with Crippen LogP contribution in [-0.4, -0.2) is 127 Å². The lowest BCUT2D eigenvalue weighted by Gasteiger charge is -1.91. The molecule has 0 saturated heterocycles. The van der Waals surface area contributed by atoms with Crippen LogP contribution in [0.4, 0.5) is 0 Å². The maximum atomic E-state index is 9.47. The number of hydrogen-bond acceptors (Lipinski definition) is 10. The van der Waals surface area contributed by atoms with Crippen LogP contribution in [0, 0.1) is 0 Å². The van der Waals surface area contributed by atoms with E-state index in [1.807, 2.05) is 0 Å². The fourth-order valence-electron chi connectivity index (χ4n) is 0.473. The summed E-state index contributed by atoms with van der Waals surface area (Å²) in [6.45, 7) is 2.06. The molecule has 0 saturated carbocycles. The molecule has 11 heteroatoms. The molecule has 0 aromatic rings. The zero-order valence-electron chi connectivity index (χ0n) is 16.5. The van der Waals surface area contributed by atoms with Crippen LogP contribution in [0.5, 0.6) is 0 Å². The number of carboxylic acid groups (broad SMARTS) is 1. The Morgan fingerprint density at radius 3 is 0.923 bits per heavy atom. The van der Waals surface area contributed by atoms with Gasteiger partial charge in [-0.25, -0.2) is 4.79 Å². The van der Waals surface area contributed by atoms with Crippen molar-refractivity contribution in [2.45, 2.75) is 0 Å². The molecule has 0 fully saturated rings. The van der Waals surface area contributed by atoms with Crippen LogP contribution < -0.4 is 0 Å². The maximum absolute atomic E-state index is 9.47. The van der Waals surface area contributed by atoms with Gasteiger partial charge in [0.25, 0.3) is 0 Å². The average Bonchev–Trinajstić information content (AvgIpc) is 2.63. The van der Waals surface area contributed by atoms with E-state index in [0.29, 0.717) is 26.4 Å². The Hall–Kier alpha value is -0.890. The first-order valence-corrected chi connectivity index (χ1v) is 7.53. The summed E-state index contributed by atoms with van der Waals surface area (Å²) in [4.78, 5) is 9.47. The molecule has 164 valence electrons. The van der Waals surface area contributed by atoms with E-state index in [4.69, 9.17) is 25.5 Å². The van der Waals surface area contributed by atoms with Gasteiger partial charge in [-0.1, -0.05) is 0 Å². The summed E-state index contributed by atoms with van der Waals surface area (Å²) in [7, 11) is 7.75. The van der Waals surface area contributed by atoms with Crippen molar-refractivity contribution in [3.8, 4) is 0 Å². The first kappa shape index (κ1) is 36.1. The molecule has 0 rings (SSSR count). The number of ether oxygens (including phenoxy) is 5. The summed E-state index contributed by atoms with van der Waals surface area (Å²) in [5.74, 6) is -0.933. The maximum Gasteiger partial charge on any atom is 0.329 e. The van der Waals surface area contributed by atoms with Gasteiger partial charge in [0.05, 0.1) is 52.9 Å². The Balaban J connectivity index is -0.0000000712. The highest BCUT2D eigenvalue weighted by molar-refractivity contribution is 5.67. The second-order valence-electron chi connectivity index (χ2n) is 3.69. The Morgan fingerprint density at radius 2 is 0.885 bits per heavy atom. The predicted octanol–water partition coefficient (Wildman–Crippen LogP) is -1.78. The van der Waals surface area contributed by atoms with E-state index in [1.165, 1.54) is 7.11 Å². The minimum Gasteiger partial charge on any atom is -0.480 e. The van der Waals surface area contributed by atoms with Crippen molar-refractivity contribution >= 4 is 5.97 Å². The summed E-state index contributed by atoms with van der Waals surface area (Å²) < 4.78 is 22.4. The third-order valence-corrected chi connectivity index (χ3v) is 1.45. The van der Waals surface area contributed by atoms with Crippen molar-refractivity contribution in [1.29, 1.82) is 0 Å². The van der Waals surface area contributed by atoms with Crippen molar-refractivity contribution in [3.63, 3.8) is 0 Å². The van der Waals surface area contributed by atoms with Crippen LogP contribution in [0.25, 0.3) is 0 Å². The summed E-state index contributed by atoms with van der Waals surface area (Å²) in [6.07, 6.45) is 0. The van der Waals surface area contributed by atoms with Crippen molar-refractivity contribution in [1.82, 2.24) is 0 Å². The van der Waals surface area contributed by atoms with Crippen LogP contribution in [0.1, 0.15) is 0 Å². The highest BCUT2D eigenvalue weighted by atomic mass is 16.5. The zero-order chi connectivity index (χ0) is 21.5. The quantitative estimate of drug-likeness (QED) is 0.266. The fraction of sp³-hybridized carbons (Fsp3) is 0.933. The standard InChI is InChI=1S/C4H10O2.C3H6O3.2C3H8O2.C2H6O2/c1-5-3-4-6-2;1-6-2-3(4)5;2*1-5-3-2-4;3-1-2-4/h3-4H2,1-2H3;2H2,1H3,(H,4,5);2*4H,2-3H2,1H3;3-4H,1-2H2. The molecular formula is C15H38O11. The SMILES string of the molecule is COCC(=O)O.COCCO.COCCO.COCCOC.OCCO. The molecule has 0 aliphatic heterocycles. The van der Waals surface area contributed by atoms with Gasteiger partial charge in [0.2, 0.25) is 0 Å². The van der Waals surface area contributed by atoms with E-state index in [2.05, 4.69) is 23.7 Å². The molecule has 0 radical (unpaired) electrons. The van der Waals surface area contributed by atoms with E-state index in [-0.39, 0.29) is 33.0 Å². The largest absolute Gasteiger partial charge is 0.480 e. The van der Waals surface area contributed by atoms with E-state index in [9.17, 15) is 4.79 Å². The number of rotatable bonds is 10. The molecule has 0 atom stereocenters. The molecular weight excluding hydrogens is 356 g/mol. The van der Waals surface area contributed by atoms with Gasteiger partial charge in [-0.3, -0.25) is 0 Å². The van der Waals surface area contributed by atoms with Crippen molar-refractivity contribution in [3.05, 3.63) is 0 Å². The fourth-order valence-corrected chi connectivity index (χ4v) is 0.473. The highest BCUT2D eigenvalue weighted by Crippen LogP contribution is 1.65. The van der Waals surface area contributed by atoms with Gasteiger partial charge < -0.3 is 49.2 Å². The minimum absolute atomic E-state index is 0.122. The van der Waals surface area contributed by atoms with E-state index in [0.717, 1.165) is 0 Å². The number of aliphatic carboxylic acids is 1. The lowest BCUT2D eigenvalue weighted by atomic mass is 10.8. The van der Waals surface area contributed by atoms with Gasteiger partial charge >= 0.3 is 5.97 Å². The Morgan fingerprint density at radius 1 is 0.577 bits per heavy atom. The lowest BCUT2D eigenvalue weighted by molar-refractivity contribution is -0.141. The number of aliphatic hydroxyl groups is 4. The third-order valence-electron chi connectivity index (χ3n) is 1.45. The Kier molecular flexibility index (Phi) is 68.9. The Bertz CT molecular complexity index is 178. The van der Waals surface area contributed by atoms with Crippen LogP contribution in [0.3, 0.4) is 0 Å². The second kappa shape index (κ2) is 49.6. The van der Waals surface area contributed by atoms with E-state index < -0.39 is 5.97 Å². The van der Waals surface area contributed by atoms with Gasteiger partial charge in [0.1, 0.15) is 6.61 Å². The molecule has 0 spiro atoms. The highest BCUT2D eigenvalue weighted by Gasteiger charge is 1.87. The number of aliphatic hydroxyl groups excluding tert-OH is 4. The van der Waals surface area contributed by atoms with Crippen LogP contribution in [-0.2, 0) is 28.5 Å². The summed E-state index contributed by atoms with van der Waals surface area (Å²) in [5.41, 5.74) is 0. The second-order valence-corrected chi connectivity index (χ2v) is 3.69. The Labute approximate surface area is 156 Å². The number of carbonyl (C=O) groups is 1. The average molecular weight is 394 g/mol. The van der Waals surface area contributed by atoms with E-state index in [1.54, 1.807) is 28.4 Å². The molecule has 0 aromatic heterocycles. The molecule has 0 amide bonds. The predicted molar refractivity (Wildman–Crippen MR) is 95.4 cm³/mol. The van der Waals surface area contributed by atoms with Crippen molar-refractivity contribution in [2.24, 2.45) is 0 Å². The minimum atomic E-state index is -0.933. The van der Waals surface area contributed by atoms with Gasteiger partial charge in [-0.2, -0.15) is 0 Å². The molecule has 11 nitrogen and oxygen atoms in total.